The van der Waals surface area contributed by atoms with Crippen molar-refractivity contribution in [1.82, 2.24) is 14.9 Å². The number of anilines is 2. The number of para-hydroxylation sites is 1. The van der Waals surface area contributed by atoms with Gasteiger partial charge in [0.1, 0.15) is 17.3 Å². The summed E-state index contributed by atoms with van der Waals surface area (Å²) in [6.45, 7) is 6.53. The van der Waals surface area contributed by atoms with Crippen LogP contribution in [0.2, 0.25) is 0 Å². The third kappa shape index (κ3) is 4.16. The highest BCUT2D eigenvalue weighted by Crippen LogP contribution is 2.38. The van der Waals surface area contributed by atoms with Gasteiger partial charge in [0.05, 0.1) is 25.3 Å². The number of nitrogens with one attached hydrogen (secondary N) is 2. The predicted octanol–water partition coefficient (Wildman–Crippen LogP) is 3.56. The van der Waals surface area contributed by atoms with Crippen LogP contribution in [0.25, 0.3) is 0 Å². The Hall–Kier alpha value is -3.45. The minimum atomic E-state index is -0.00120. The summed E-state index contributed by atoms with van der Waals surface area (Å²) >= 11 is 0. The van der Waals surface area contributed by atoms with Gasteiger partial charge < -0.3 is 20.1 Å². The summed E-state index contributed by atoms with van der Waals surface area (Å²) in [6.07, 6.45) is 2.57. The molecule has 0 saturated carbocycles. The molecule has 2 atom stereocenters. The van der Waals surface area contributed by atoms with Crippen molar-refractivity contribution < 1.29 is 9.59 Å². The monoisotopic (exact) mass is 443 g/mol. The van der Waals surface area contributed by atoms with Crippen LogP contribution in [0.3, 0.4) is 0 Å². The molecule has 0 spiro atoms. The molecular weight excluding hydrogens is 414 g/mol. The molecule has 0 fully saturated rings. The van der Waals surface area contributed by atoms with Gasteiger partial charge in [-0.1, -0.05) is 18.2 Å². The number of Topliss-reactive ketones (excluding diaryl/α,β-unsaturated/α-hetero) is 1. The van der Waals surface area contributed by atoms with Gasteiger partial charge in [-0.2, -0.15) is 0 Å². The van der Waals surface area contributed by atoms with Crippen molar-refractivity contribution in [3.63, 3.8) is 0 Å². The molecule has 7 heteroatoms. The number of imidazole rings is 1. The Bertz CT molecular complexity index is 1180. The maximum atomic E-state index is 13.1. The number of aromatic nitrogens is 2. The molecule has 7 nitrogen and oxygen atoms in total. The van der Waals surface area contributed by atoms with Crippen molar-refractivity contribution >= 4 is 22.9 Å². The molecule has 0 unspecified atom stereocenters. The number of hydrogen-bond acceptors (Lipinski definition) is 6. The summed E-state index contributed by atoms with van der Waals surface area (Å²) in [6, 6.07) is 16.4. The van der Waals surface area contributed by atoms with Crippen molar-refractivity contribution in [1.29, 1.82) is 0 Å². The van der Waals surface area contributed by atoms with Crippen LogP contribution in [0.1, 0.15) is 53.7 Å². The third-order valence-electron chi connectivity index (χ3n) is 6.58. The van der Waals surface area contributed by atoms with Crippen LogP contribution in [-0.2, 0) is 17.9 Å². The average Bonchev–Trinajstić information content (AvgIpc) is 3.26. The van der Waals surface area contributed by atoms with Crippen LogP contribution in [0.15, 0.2) is 54.7 Å². The van der Waals surface area contributed by atoms with Gasteiger partial charge in [-0.05, 0) is 56.2 Å². The van der Waals surface area contributed by atoms with E-state index in [1.165, 1.54) is 5.56 Å². The van der Waals surface area contributed by atoms with Crippen molar-refractivity contribution in [3.8, 4) is 0 Å². The number of benzene rings is 2. The lowest BCUT2D eigenvalue weighted by Gasteiger charge is -2.41. The SMILES string of the molecule is CC(=O)CN1c2ccccc2[C@H](Nc2ccc(C(=O)c3cnc4n3CCNC4)cc2)C[C@@H]1C. The normalized spacial score (nSPS) is 19.5. The molecule has 33 heavy (non-hydrogen) atoms. The highest BCUT2D eigenvalue weighted by atomic mass is 16.1. The number of carbonyl (C=O) groups is 2. The summed E-state index contributed by atoms with van der Waals surface area (Å²) in [5.41, 5.74) is 4.57. The van der Waals surface area contributed by atoms with Crippen molar-refractivity contribution in [2.24, 2.45) is 0 Å². The molecule has 0 amide bonds. The van der Waals surface area contributed by atoms with Crippen LogP contribution in [-0.4, -0.2) is 40.2 Å². The van der Waals surface area contributed by atoms with Crippen LogP contribution >= 0.6 is 0 Å². The minimum Gasteiger partial charge on any atom is -0.378 e. The van der Waals surface area contributed by atoms with E-state index in [2.05, 4.69) is 39.6 Å². The van der Waals surface area contributed by atoms with Gasteiger partial charge >= 0.3 is 0 Å². The standard InChI is InChI=1S/C26H29N5O2/c1-17-13-22(21-5-3-4-6-23(21)31(17)16-18(2)32)29-20-9-7-19(8-10-20)26(33)24-14-28-25-15-27-11-12-30(24)25/h3-10,14,17,22,27,29H,11-13,15-16H2,1-2H3/t17-,22+/m0/s1. The second-order valence-corrected chi connectivity index (χ2v) is 8.96. The summed E-state index contributed by atoms with van der Waals surface area (Å²) in [4.78, 5) is 31.5. The largest absolute Gasteiger partial charge is 0.378 e. The second-order valence-electron chi connectivity index (χ2n) is 8.96. The molecule has 0 aliphatic carbocycles. The molecule has 2 aliphatic heterocycles. The van der Waals surface area contributed by atoms with E-state index in [1.807, 2.05) is 41.0 Å². The van der Waals surface area contributed by atoms with E-state index in [-0.39, 0.29) is 23.7 Å². The zero-order valence-electron chi connectivity index (χ0n) is 19.0. The molecule has 2 aromatic carbocycles. The van der Waals surface area contributed by atoms with Crippen molar-refractivity contribution in [3.05, 3.63) is 77.4 Å². The number of carbonyl (C=O) groups excluding carboxylic acids is 2. The first kappa shape index (κ1) is 21.4. The van der Waals surface area contributed by atoms with Crippen LogP contribution in [0, 0.1) is 0 Å². The molecule has 3 heterocycles. The summed E-state index contributed by atoms with van der Waals surface area (Å²) in [5, 5.41) is 6.92. The summed E-state index contributed by atoms with van der Waals surface area (Å²) in [5.74, 6) is 1.07. The van der Waals surface area contributed by atoms with E-state index >= 15 is 0 Å². The average molecular weight is 444 g/mol. The second kappa shape index (κ2) is 8.83. The molecular formula is C26H29N5O2. The van der Waals surface area contributed by atoms with E-state index in [9.17, 15) is 9.59 Å². The molecule has 0 saturated heterocycles. The Kier molecular flexibility index (Phi) is 5.72. The lowest BCUT2D eigenvalue weighted by molar-refractivity contribution is -0.115. The maximum Gasteiger partial charge on any atom is 0.211 e. The molecule has 2 N–H and O–H groups in total. The van der Waals surface area contributed by atoms with Crippen LogP contribution in [0.4, 0.5) is 11.4 Å². The number of ketones is 2. The van der Waals surface area contributed by atoms with E-state index in [0.29, 0.717) is 24.3 Å². The van der Waals surface area contributed by atoms with Gasteiger partial charge in [0.25, 0.3) is 0 Å². The fourth-order valence-corrected chi connectivity index (χ4v) is 4.94. The zero-order chi connectivity index (χ0) is 22.9. The van der Waals surface area contributed by atoms with E-state index < -0.39 is 0 Å². The van der Waals surface area contributed by atoms with Gasteiger partial charge in [0.2, 0.25) is 5.78 Å². The Labute approximate surface area is 193 Å². The minimum absolute atomic E-state index is 0.00120. The number of rotatable bonds is 6. The number of fused-ring (bicyclic) bond motifs is 2. The Balaban J connectivity index is 1.34. The fourth-order valence-electron chi connectivity index (χ4n) is 4.94. The summed E-state index contributed by atoms with van der Waals surface area (Å²) in [7, 11) is 0. The smallest absolute Gasteiger partial charge is 0.211 e. The summed E-state index contributed by atoms with van der Waals surface area (Å²) < 4.78 is 2.01. The van der Waals surface area contributed by atoms with Gasteiger partial charge in [0.15, 0.2) is 0 Å². The Morgan fingerprint density at radius 1 is 1.15 bits per heavy atom. The highest BCUT2D eigenvalue weighted by Gasteiger charge is 2.30. The number of nitrogens with zero attached hydrogens (tertiary/aromatic N) is 3. The molecule has 2 aliphatic rings. The molecule has 5 rings (SSSR count). The van der Waals surface area contributed by atoms with Gasteiger partial charge in [0, 0.05) is 36.1 Å². The predicted molar refractivity (Wildman–Crippen MR) is 129 cm³/mol. The fraction of sp³-hybridized carbons (Fsp3) is 0.346. The molecule has 0 bridgehead atoms. The zero-order valence-corrected chi connectivity index (χ0v) is 19.0. The Morgan fingerprint density at radius 2 is 1.94 bits per heavy atom. The molecule has 1 aromatic heterocycles. The lowest BCUT2D eigenvalue weighted by atomic mass is 9.91. The van der Waals surface area contributed by atoms with Gasteiger partial charge in [-0.25, -0.2) is 4.98 Å². The molecule has 0 radical (unpaired) electrons. The quantitative estimate of drug-likeness (QED) is 0.567. The lowest BCUT2D eigenvalue weighted by Crippen LogP contribution is -2.42. The molecule has 3 aromatic rings. The molecule has 170 valence electrons. The van der Waals surface area contributed by atoms with E-state index in [1.54, 1.807) is 13.1 Å². The first-order valence-corrected chi connectivity index (χ1v) is 11.5. The first-order valence-electron chi connectivity index (χ1n) is 11.5. The van der Waals surface area contributed by atoms with Crippen LogP contribution < -0.4 is 15.5 Å². The van der Waals surface area contributed by atoms with Gasteiger partial charge in [-0.3, -0.25) is 9.59 Å². The van der Waals surface area contributed by atoms with Crippen molar-refractivity contribution in [2.45, 2.75) is 45.4 Å². The third-order valence-corrected chi connectivity index (χ3v) is 6.58. The van der Waals surface area contributed by atoms with Crippen molar-refractivity contribution in [2.75, 3.05) is 23.3 Å². The Morgan fingerprint density at radius 3 is 2.73 bits per heavy atom. The first-order chi connectivity index (χ1) is 16.0. The number of hydrogen-bond donors (Lipinski definition) is 2. The van der Waals surface area contributed by atoms with E-state index in [0.717, 1.165) is 36.7 Å². The maximum absolute atomic E-state index is 13.1. The van der Waals surface area contributed by atoms with Gasteiger partial charge in [-0.15, -0.1) is 0 Å². The van der Waals surface area contributed by atoms with Crippen LogP contribution in [0.5, 0.6) is 0 Å². The highest BCUT2D eigenvalue weighted by molar-refractivity contribution is 6.08. The topological polar surface area (TPSA) is 79.3 Å². The van der Waals surface area contributed by atoms with E-state index in [4.69, 9.17) is 0 Å².